The number of nitrogens with one attached hydrogen (secondary N) is 1. The first kappa shape index (κ1) is 19.5. The molecule has 1 saturated heterocycles. The Hall–Kier alpha value is -2.25. The maximum atomic E-state index is 12.9. The van der Waals surface area contributed by atoms with E-state index < -0.39 is 0 Å². The van der Waals surface area contributed by atoms with Gasteiger partial charge in [0.05, 0.1) is 23.3 Å². The number of hydrogen-bond donors (Lipinski definition) is 1. The van der Waals surface area contributed by atoms with E-state index in [-0.39, 0.29) is 23.7 Å². The van der Waals surface area contributed by atoms with Gasteiger partial charge < -0.3 is 14.5 Å². The van der Waals surface area contributed by atoms with E-state index >= 15 is 0 Å². The minimum Gasteiger partial charge on any atom is -0.421 e. The van der Waals surface area contributed by atoms with Crippen molar-refractivity contribution in [2.24, 2.45) is 0 Å². The molecule has 7 heteroatoms. The Labute approximate surface area is 160 Å². The number of aryl methyl sites for hydroxylation is 1. The summed E-state index contributed by atoms with van der Waals surface area (Å²) in [7, 11) is 0. The maximum Gasteiger partial charge on any atom is 0.252 e. The zero-order valence-electron chi connectivity index (χ0n) is 16.7. The summed E-state index contributed by atoms with van der Waals surface area (Å²) in [6, 6.07) is 7.28. The van der Waals surface area contributed by atoms with Gasteiger partial charge in [0.25, 0.3) is 5.91 Å². The third-order valence-corrected chi connectivity index (χ3v) is 4.89. The highest BCUT2D eigenvalue weighted by Crippen LogP contribution is 2.24. The average molecular weight is 372 g/mol. The molecule has 27 heavy (non-hydrogen) atoms. The fraction of sp³-hybridized carbons (Fsp3) is 0.550. The van der Waals surface area contributed by atoms with Gasteiger partial charge in [0, 0.05) is 32.1 Å². The number of carbonyl (C=O) groups is 1. The van der Waals surface area contributed by atoms with E-state index in [0.717, 1.165) is 13.1 Å². The van der Waals surface area contributed by atoms with Crippen LogP contribution in [-0.2, 0) is 4.74 Å². The van der Waals surface area contributed by atoms with Crippen molar-refractivity contribution in [3.05, 3.63) is 35.7 Å². The van der Waals surface area contributed by atoms with Gasteiger partial charge in [0.1, 0.15) is 0 Å². The van der Waals surface area contributed by atoms with Crippen LogP contribution in [0.1, 0.15) is 43.9 Å². The van der Waals surface area contributed by atoms with Crippen molar-refractivity contribution in [2.75, 3.05) is 19.6 Å². The molecule has 2 heterocycles. The predicted octanol–water partition coefficient (Wildman–Crippen LogP) is 2.66. The molecule has 2 aromatic rings. The number of ether oxygens (including phenoxy) is 1. The number of carbonyl (C=O) groups excluding carboxylic acids is 1. The minimum atomic E-state index is -0.183. The lowest BCUT2D eigenvalue weighted by molar-refractivity contribution is -0.0948. The van der Waals surface area contributed by atoms with Crippen molar-refractivity contribution in [1.29, 1.82) is 0 Å². The second kappa shape index (κ2) is 7.78. The van der Waals surface area contributed by atoms with E-state index in [1.54, 1.807) is 13.0 Å². The summed E-state index contributed by atoms with van der Waals surface area (Å²) in [5.74, 6) is 0.675. The molecule has 1 N–H and O–H groups in total. The normalized spacial score (nSPS) is 21.2. The Morgan fingerprint density at radius 1 is 1.22 bits per heavy atom. The fourth-order valence-electron chi connectivity index (χ4n) is 3.45. The SMILES string of the molecule is Cc1nnc(-c2ccccc2C(=O)NCC(C)(C)N2CC(C)OC(C)C2)o1. The average Bonchev–Trinajstić information content (AvgIpc) is 3.05. The molecule has 0 saturated carbocycles. The van der Waals surface area contributed by atoms with Gasteiger partial charge >= 0.3 is 0 Å². The van der Waals surface area contributed by atoms with Crippen molar-refractivity contribution in [3.63, 3.8) is 0 Å². The van der Waals surface area contributed by atoms with Gasteiger partial charge in [0.15, 0.2) is 0 Å². The quantitative estimate of drug-likeness (QED) is 0.869. The molecule has 1 aromatic heterocycles. The highest BCUT2D eigenvalue weighted by atomic mass is 16.5. The van der Waals surface area contributed by atoms with E-state index in [0.29, 0.717) is 29.5 Å². The Morgan fingerprint density at radius 2 is 1.89 bits per heavy atom. The van der Waals surface area contributed by atoms with Crippen molar-refractivity contribution in [3.8, 4) is 11.5 Å². The predicted molar refractivity (Wildman–Crippen MR) is 102 cm³/mol. The van der Waals surface area contributed by atoms with E-state index in [1.807, 2.05) is 18.2 Å². The summed E-state index contributed by atoms with van der Waals surface area (Å²) in [4.78, 5) is 15.2. The molecule has 1 amide bonds. The van der Waals surface area contributed by atoms with Crippen LogP contribution in [0.2, 0.25) is 0 Å². The topological polar surface area (TPSA) is 80.5 Å². The molecule has 1 fully saturated rings. The van der Waals surface area contributed by atoms with E-state index in [2.05, 4.69) is 48.1 Å². The third-order valence-electron chi connectivity index (χ3n) is 4.89. The number of aromatic nitrogens is 2. The van der Waals surface area contributed by atoms with Crippen LogP contribution in [0.4, 0.5) is 0 Å². The fourth-order valence-corrected chi connectivity index (χ4v) is 3.45. The van der Waals surface area contributed by atoms with Gasteiger partial charge in [-0.25, -0.2) is 0 Å². The van der Waals surface area contributed by atoms with E-state index in [9.17, 15) is 4.79 Å². The second-order valence-corrected chi connectivity index (χ2v) is 7.83. The molecule has 7 nitrogen and oxygen atoms in total. The second-order valence-electron chi connectivity index (χ2n) is 7.83. The van der Waals surface area contributed by atoms with Gasteiger partial charge in [-0.15, -0.1) is 10.2 Å². The summed E-state index contributed by atoms with van der Waals surface area (Å²) in [5, 5.41) is 11.0. The number of amides is 1. The lowest BCUT2D eigenvalue weighted by Gasteiger charge is -2.45. The molecule has 3 rings (SSSR count). The lowest BCUT2D eigenvalue weighted by Crippen LogP contribution is -2.58. The monoisotopic (exact) mass is 372 g/mol. The van der Waals surface area contributed by atoms with Crippen LogP contribution < -0.4 is 5.32 Å². The number of morpholine rings is 1. The van der Waals surface area contributed by atoms with E-state index in [1.165, 1.54) is 0 Å². The molecule has 2 atom stereocenters. The first-order chi connectivity index (χ1) is 12.8. The summed E-state index contributed by atoms with van der Waals surface area (Å²) >= 11 is 0. The highest BCUT2D eigenvalue weighted by molar-refractivity contribution is 5.99. The molecular formula is C20H28N4O3. The molecule has 2 unspecified atom stereocenters. The van der Waals surface area contributed by atoms with Gasteiger partial charge in [-0.1, -0.05) is 12.1 Å². The van der Waals surface area contributed by atoms with Crippen molar-refractivity contribution >= 4 is 5.91 Å². The van der Waals surface area contributed by atoms with Crippen LogP contribution in [0.5, 0.6) is 0 Å². The highest BCUT2D eigenvalue weighted by Gasteiger charge is 2.33. The summed E-state index contributed by atoms with van der Waals surface area (Å²) in [6.07, 6.45) is 0.371. The van der Waals surface area contributed by atoms with Crippen LogP contribution in [0.15, 0.2) is 28.7 Å². The molecule has 0 radical (unpaired) electrons. The number of hydrogen-bond acceptors (Lipinski definition) is 6. The lowest BCUT2D eigenvalue weighted by atomic mass is 9.99. The number of rotatable bonds is 5. The van der Waals surface area contributed by atoms with Crippen LogP contribution >= 0.6 is 0 Å². The Kier molecular flexibility index (Phi) is 5.62. The van der Waals surface area contributed by atoms with Gasteiger partial charge in [-0.2, -0.15) is 0 Å². The van der Waals surface area contributed by atoms with Gasteiger partial charge in [0.2, 0.25) is 11.8 Å². The molecule has 1 aliphatic heterocycles. The first-order valence-electron chi connectivity index (χ1n) is 9.34. The van der Waals surface area contributed by atoms with Crippen LogP contribution in [0.3, 0.4) is 0 Å². The molecule has 1 aromatic carbocycles. The Morgan fingerprint density at radius 3 is 2.52 bits per heavy atom. The van der Waals surface area contributed by atoms with Crippen LogP contribution in [0.25, 0.3) is 11.5 Å². The zero-order valence-corrected chi connectivity index (χ0v) is 16.7. The third kappa shape index (κ3) is 4.54. The van der Waals surface area contributed by atoms with E-state index in [4.69, 9.17) is 9.15 Å². The largest absolute Gasteiger partial charge is 0.421 e. The number of nitrogens with zero attached hydrogens (tertiary/aromatic N) is 3. The Balaban J connectivity index is 1.71. The Bertz CT molecular complexity index is 792. The molecule has 0 aliphatic carbocycles. The summed E-state index contributed by atoms with van der Waals surface area (Å²) in [5.41, 5.74) is 0.987. The minimum absolute atomic E-state index is 0.149. The van der Waals surface area contributed by atoms with Crippen molar-refractivity contribution in [2.45, 2.75) is 52.4 Å². The molecule has 0 bridgehead atoms. The maximum absolute atomic E-state index is 12.9. The van der Waals surface area contributed by atoms with Crippen LogP contribution in [0, 0.1) is 6.92 Å². The summed E-state index contributed by atoms with van der Waals surface area (Å²) < 4.78 is 11.3. The standard InChI is InChI=1S/C20H28N4O3/c1-13-10-24(11-14(2)26-13)20(4,5)12-21-18(25)16-8-6-7-9-17(16)19-23-22-15(3)27-19/h6-9,13-14H,10-12H2,1-5H3,(H,21,25). The van der Waals surface area contributed by atoms with Gasteiger partial charge in [-0.3, -0.25) is 9.69 Å². The first-order valence-corrected chi connectivity index (χ1v) is 9.34. The number of benzene rings is 1. The molecule has 0 spiro atoms. The smallest absolute Gasteiger partial charge is 0.252 e. The summed E-state index contributed by atoms with van der Waals surface area (Å²) in [6.45, 7) is 12.4. The molecular weight excluding hydrogens is 344 g/mol. The zero-order chi connectivity index (χ0) is 19.6. The van der Waals surface area contributed by atoms with Crippen LogP contribution in [-0.4, -0.2) is 58.4 Å². The van der Waals surface area contributed by atoms with Crippen molar-refractivity contribution in [1.82, 2.24) is 20.4 Å². The molecule has 1 aliphatic rings. The van der Waals surface area contributed by atoms with Crippen molar-refractivity contribution < 1.29 is 13.9 Å². The van der Waals surface area contributed by atoms with Gasteiger partial charge in [-0.05, 0) is 39.8 Å². The molecule has 146 valence electrons.